The number of rotatable bonds is 3. The van der Waals surface area contributed by atoms with E-state index in [0.29, 0.717) is 0 Å². The molecule has 0 saturated heterocycles. The smallest absolute Gasteiger partial charge is 0.119 e. The van der Waals surface area contributed by atoms with Crippen LogP contribution in [0.4, 0.5) is 0 Å². The molecule has 96 valence electrons. The molecule has 18 heavy (non-hydrogen) atoms. The molecule has 0 aliphatic rings. The average molecular weight is 264 g/mol. The van der Waals surface area contributed by atoms with E-state index in [1.807, 2.05) is 25.1 Å². The third-order valence-electron chi connectivity index (χ3n) is 2.84. The van der Waals surface area contributed by atoms with Gasteiger partial charge in [-0.15, -0.1) is 12.4 Å². The number of nitrogens with two attached hydrogens (primary N) is 1. The van der Waals surface area contributed by atoms with Gasteiger partial charge in [0.25, 0.3) is 0 Å². The van der Waals surface area contributed by atoms with Crippen LogP contribution in [0.15, 0.2) is 48.5 Å². The van der Waals surface area contributed by atoms with E-state index < -0.39 is 0 Å². The molecule has 2 aromatic rings. The van der Waals surface area contributed by atoms with E-state index in [-0.39, 0.29) is 18.4 Å². The lowest BCUT2D eigenvalue weighted by atomic mass is 10.0. The zero-order chi connectivity index (χ0) is 12.3. The van der Waals surface area contributed by atoms with E-state index in [1.54, 1.807) is 7.11 Å². The van der Waals surface area contributed by atoms with E-state index in [0.717, 1.165) is 16.9 Å². The Labute approximate surface area is 114 Å². The van der Waals surface area contributed by atoms with Gasteiger partial charge in [-0.2, -0.15) is 0 Å². The summed E-state index contributed by atoms with van der Waals surface area (Å²) in [7, 11) is 1.68. The molecule has 0 aromatic heterocycles. The highest BCUT2D eigenvalue weighted by molar-refractivity contribution is 5.85. The molecule has 2 N–H and O–H groups in total. The third-order valence-corrected chi connectivity index (χ3v) is 2.84. The van der Waals surface area contributed by atoms with Crippen LogP contribution in [0.2, 0.25) is 0 Å². The van der Waals surface area contributed by atoms with Gasteiger partial charge in [0.15, 0.2) is 0 Å². The maximum Gasteiger partial charge on any atom is 0.119 e. The molecule has 3 heteroatoms. The molecule has 0 radical (unpaired) electrons. The molecule has 2 nitrogen and oxygen atoms in total. The summed E-state index contributed by atoms with van der Waals surface area (Å²) >= 11 is 0. The van der Waals surface area contributed by atoms with Crippen LogP contribution in [0.1, 0.15) is 18.5 Å². The fraction of sp³-hybridized carbons (Fsp3) is 0.200. The maximum absolute atomic E-state index is 5.83. The van der Waals surface area contributed by atoms with Crippen LogP contribution < -0.4 is 10.5 Å². The minimum atomic E-state index is 0. The van der Waals surface area contributed by atoms with Crippen molar-refractivity contribution in [3.63, 3.8) is 0 Å². The summed E-state index contributed by atoms with van der Waals surface area (Å²) in [5.74, 6) is 0.874. The SMILES string of the molecule is COc1cccc(-c2ccc([C@@H](C)N)cc2)c1.Cl. The van der Waals surface area contributed by atoms with Crippen molar-refractivity contribution in [3.8, 4) is 16.9 Å². The Morgan fingerprint density at radius 1 is 1.00 bits per heavy atom. The summed E-state index contributed by atoms with van der Waals surface area (Å²) < 4.78 is 5.22. The van der Waals surface area contributed by atoms with Crippen LogP contribution in [0.25, 0.3) is 11.1 Å². The van der Waals surface area contributed by atoms with Crippen molar-refractivity contribution < 1.29 is 4.74 Å². The van der Waals surface area contributed by atoms with Gasteiger partial charge < -0.3 is 10.5 Å². The van der Waals surface area contributed by atoms with E-state index >= 15 is 0 Å². The van der Waals surface area contributed by atoms with Crippen molar-refractivity contribution >= 4 is 12.4 Å². The molecule has 0 aliphatic heterocycles. The number of hydrogen-bond acceptors (Lipinski definition) is 2. The lowest BCUT2D eigenvalue weighted by Gasteiger charge is -2.08. The lowest BCUT2D eigenvalue weighted by molar-refractivity contribution is 0.415. The summed E-state index contributed by atoms with van der Waals surface area (Å²) in [5, 5.41) is 0. The predicted octanol–water partition coefficient (Wildman–Crippen LogP) is 3.80. The second kappa shape index (κ2) is 6.43. The van der Waals surface area contributed by atoms with Crippen LogP contribution in [0, 0.1) is 0 Å². The van der Waals surface area contributed by atoms with Crippen LogP contribution >= 0.6 is 12.4 Å². The van der Waals surface area contributed by atoms with Gasteiger partial charge in [0, 0.05) is 6.04 Å². The molecular weight excluding hydrogens is 246 g/mol. The predicted molar refractivity (Wildman–Crippen MR) is 78.3 cm³/mol. The van der Waals surface area contributed by atoms with Gasteiger partial charge >= 0.3 is 0 Å². The zero-order valence-electron chi connectivity index (χ0n) is 10.6. The van der Waals surface area contributed by atoms with E-state index in [1.165, 1.54) is 5.56 Å². The number of halogens is 1. The van der Waals surface area contributed by atoms with Gasteiger partial charge in [-0.1, -0.05) is 36.4 Å². The fourth-order valence-electron chi connectivity index (χ4n) is 1.78. The first kappa shape index (κ1) is 14.6. The van der Waals surface area contributed by atoms with Gasteiger partial charge in [-0.25, -0.2) is 0 Å². The average Bonchev–Trinajstić information content (AvgIpc) is 2.39. The quantitative estimate of drug-likeness (QED) is 0.914. The van der Waals surface area contributed by atoms with Crippen LogP contribution in [-0.4, -0.2) is 7.11 Å². The molecule has 0 heterocycles. The minimum Gasteiger partial charge on any atom is -0.497 e. The molecule has 0 amide bonds. The molecule has 2 rings (SSSR count). The molecule has 0 saturated carbocycles. The molecule has 0 bridgehead atoms. The third kappa shape index (κ3) is 3.25. The van der Waals surface area contributed by atoms with Crippen molar-refractivity contribution in [1.82, 2.24) is 0 Å². The van der Waals surface area contributed by atoms with E-state index in [4.69, 9.17) is 10.5 Å². The highest BCUT2D eigenvalue weighted by Gasteiger charge is 2.02. The summed E-state index contributed by atoms with van der Waals surface area (Å²) in [5.41, 5.74) is 9.31. The highest BCUT2D eigenvalue weighted by atomic mass is 35.5. The van der Waals surface area contributed by atoms with Crippen molar-refractivity contribution in [2.45, 2.75) is 13.0 Å². The first-order valence-corrected chi connectivity index (χ1v) is 5.70. The molecule has 0 unspecified atom stereocenters. The Morgan fingerprint density at radius 3 is 2.22 bits per heavy atom. The molecule has 1 atom stereocenters. The Balaban J connectivity index is 0.00000162. The second-order valence-corrected chi connectivity index (χ2v) is 4.14. The van der Waals surface area contributed by atoms with Crippen molar-refractivity contribution in [3.05, 3.63) is 54.1 Å². The maximum atomic E-state index is 5.83. The van der Waals surface area contributed by atoms with Gasteiger partial charge in [0.1, 0.15) is 5.75 Å². The summed E-state index contributed by atoms with van der Waals surface area (Å²) in [6, 6.07) is 16.4. The Morgan fingerprint density at radius 2 is 1.67 bits per heavy atom. The van der Waals surface area contributed by atoms with Gasteiger partial charge in [-0.05, 0) is 35.7 Å². The van der Waals surface area contributed by atoms with Crippen LogP contribution in [-0.2, 0) is 0 Å². The standard InChI is InChI=1S/C15H17NO.ClH/c1-11(16)12-6-8-13(9-7-12)14-4-3-5-15(10-14)17-2;/h3-11H,16H2,1-2H3;1H/t11-;/m1./s1. The first-order valence-electron chi connectivity index (χ1n) is 5.70. The largest absolute Gasteiger partial charge is 0.497 e. The topological polar surface area (TPSA) is 35.2 Å². The minimum absolute atomic E-state index is 0. The van der Waals surface area contributed by atoms with Crippen molar-refractivity contribution in [1.29, 1.82) is 0 Å². The molecule has 0 spiro atoms. The van der Waals surface area contributed by atoms with Gasteiger partial charge in [0.2, 0.25) is 0 Å². The first-order chi connectivity index (χ1) is 8.20. The Kier molecular flexibility index (Phi) is 5.20. The summed E-state index contributed by atoms with van der Waals surface area (Å²) in [4.78, 5) is 0. The Hall–Kier alpha value is -1.51. The summed E-state index contributed by atoms with van der Waals surface area (Å²) in [6.07, 6.45) is 0. The molecular formula is C15H18ClNO. The van der Waals surface area contributed by atoms with Crippen molar-refractivity contribution in [2.75, 3.05) is 7.11 Å². The monoisotopic (exact) mass is 263 g/mol. The second-order valence-electron chi connectivity index (χ2n) is 4.14. The zero-order valence-corrected chi connectivity index (χ0v) is 11.4. The Bertz CT molecular complexity index is 494. The fourth-order valence-corrected chi connectivity index (χ4v) is 1.78. The normalized spacial score (nSPS) is 11.5. The summed E-state index contributed by atoms with van der Waals surface area (Å²) in [6.45, 7) is 1.99. The lowest BCUT2D eigenvalue weighted by Crippen LogP contribution is -2.04. The molecule has 0 aliphatic carbocycles. The highest BCUT2D eigenvalue weighted by Crippen LogP contribution is 2.24. The number of methoxy groups -OCH3 is 1. The molecule has 0 fully saturated rings. The van der Waals surface area contributed by atoms with Crippen LogP contribution in [0.3, 0.4) is 0 Å². The van der Waals surface area contributed by atoms with Gasteiger partial charge in [-0.3, -0.25) is 0 Å². The van der Waals surface area contributed by atoms with Crippen molar-refractivity contribution in [2.24, 2.45) is 5.73 Å². The van der Waals surface area contributed by atoms with E-state index in [2.05, 4.69) is 30.3 Å². The number of ether oxygens (including phenoxy) is 1. The van der Waals surface area contributed by atoms with E-state index in [9.17, 15) is 0 Å². The molecule has 2 aromatic carbocycles. The number of hydrogen-bond donors (Lipinski definition) is 1. The van der Waals surface area contributed by atoms with Crippen LogP contribution in [0.5, 0.6) is 5.75 Å². The van der Waals surface area contributed by atoms with Gasteiger partial charge in [0.05, 0.1) is 7.11 Å². The number of benzene rings is 2.